The van der Waals surface area contributed by atoms with Crippen molar-refractivity contribution in [2.24, 2.45) is 10.8 Å². The first-order valence-corrected chi connectivity index (χ1v) is 5.83. The van der Waals surface area contributed by atoms with Crippen molar-refractivity contribution in [2.75, 3.05) is 6.61 Å². The maximum atomic E-state index is 12.2. The average Bonchev–Trinajstić information content (AvgIpc) is 1.98. The van der Waals surface area contributed by atoms with Crippen LogP contribution in [0.2, 0.25) is 0 Å². The summed E-state index contributed by atoms with van der Waals surface area (Å²) in [6.45, 7) is 16.3. The summed E-state index contributed by atoms with van der Waals surface area (Å²) in [5, 5.41) is 0. The number of carbonyl (C=O) groups excluding carboxylic acids is 1. The molecule has 0 heterocycles. The zero-order chi connectivity index (χ0) is 13.0. The van der Waals surface area contributed by atoms with E-state index in [9.17, 15) is 4.79 Å². The third-order valence-corrected chi connectivity index (χ3v) is 2.16. The molecular formula is C14H26O2. The van der Waals surface area contributed by atoms with Crippen LogP contribution in [-0.4, -0.2) is 18.5 Å². The van der Waals surface area contributed by atoms with Crippen molar-refractivity contribution in [1.29, 1.82) is 0 Å². The standard InChI is InChI=1S/C14H26O2/c1-8-9-16-12(14(5,6)7)11(15)10-13(2,3)4/h8,12H,1,9-10H2,2-7H3. The molecule has 0 bridgehead atoms. The number of hydrogen-bond acceptors (Lipinski definition) is 2. The van der Waals surface area contributed by atoms with E-state index in [1.54, 1.807) is 6.08 Å². The Morgan fingerprint density at radius 2 is 1.75 bits per heavy atom. The third-order valence-electron chi connectivity index (χ3n) is 2.16. The van der Waals surface area contributed by atoms with Crippen LogP contribution in [0.5, 0.6) is 0 Å². The second-order valence-corrected chi connectivity index (χ2v) is 6.57. The predicted octanol–water partition coefficient (Wildman–Crippen LogP) is 3.61. The molecule has 0 aliphatic carbocycles. The van der Waals surface area contributed by atoms with Gasteiger partial charge in [0, 0.05) is 6.42 Å². The molecule has 0 amide bonds. The smallest absolute Gasteiger partial charge is 0.162 e. The summed E-state index contributed by atoms with van der Waals surface area (Å²) in [6.07, 6.45) is 1.89. The van der Waals surface area contributed by atoms with Crippen molar-refractivity contribution in [3.8, 4) is 0 Å². The van der Waals surface area contributed by atoms with Crippen LogP contribution in [0.1, 0.15) is 48.0 Å². The average molecular weight is 226 g/mol. The first-order chi connectivity index (χ1) is 7.08. The first kappa shape index (κ1) is 15.4. The fourth-order valence-corrected chi connectivity index (χ4v) is 1.61. The van der Waals surface area contributed by atoms with E-state index in [1.807, 2.05) is 20.8 Å². The van der Waals surface area contributed by atoms with Gasteiger partial charge in [-0.2, -0.15) is 0 Å². The Labute approximate surface area is 100 Å². The van der Waals surface area contributed by atoms with Crippen molar-refractivity contribution < 1.29 is 9.53 Å². The minimum absolute atomic E-state index is 0.0120. The lowest BCUT2D eigenvalue weighted by atomic mass is 9.80. The van der Waals surface area contributed by atoms with Crippen LogP contribution in [0.25, 0.3) is 0 Å². The van der Waals surface area contributed by atoms with Crippen molar-refractivity contribution in [2.45, 2.75) is 54.1 Å². The number of Topliss-reactive ketones (excluding diaryl/α,β-unsaturated/α-hetero) is 1. The van der Waals surface area contributed by atoms with E-state index in [2.05, 4.69) is 27.4 Å². The Bertz CT molecular complexity index is 240. The van der Waals surface area contributed by atoms with Gasteiger partial charge in [-0.15, -0.1) is 6.58 Å². The second kappa shape index (κ2) is 5.62. The van der Waals surface area contributed by atoms with Crippen LogP contribution in [0.15, 0.2) is 12.7 Å². The largest absolute Gasteiger partial charge is 0.366 e. The fraction of sp³-hybridized carbons (Fsp3) is 0.786. The van der Waals surface area contributed by atoms with Gasteiger partial charge in [-0.3, -0.25) is 4.79 Å². The van der Waals surface area contributed by atoms with Crippen LogP contribution in [0, 0.1) is 10.8 Å². The summed E-state index contributed by atoms with van der Waals surface area (Å²) in [5.41, 5.74) is -0.149. The summed E-state index contributed by atoms with van der Waals surface area (Å²) in [4.78, 5) is 12.2. The van der Waals surface area contributed by atoms with Gasteiger partial charge in [-0.25, -0.2) is 0 Å². The van der Waals surface area contributed by atoms with E-state index in [1.165, 1.54) is 0 Å². The van der Waals surface area contributed by atoms with Crippen LogP contribution < -0.4 is 0 Å². The summed E-state index contributed by atoms with van der Waals surface area (Å²) < 4.78 is 5.60. The van der Waals surface area contributed by atoms with Crippen LogP contribution in [0.4, 0.5) is 0 Å². The van der Waals surface area contributed by atoms with Crippen LogP contribution in [0.3, 0.4) is 0 Å². The molecule has 0 aromatic heterocycles. The van der Waals surface area contributed by atoms with E-state index in [-0.39, 0.29) is 22.7 Å². The third kappa shape index (κ3) is 6.06. The quantitative estimate of drug-likeness (QED) is 0.669. The zero-order valence-electron chi connectivity index (χ0n) is 11.6. The normalized spacial score (nSPS) is 14.6. The molecule has 0 aliphatic heterocycles. The molecule has 0 spiro atoms. The molecular weight excluding hydrogens is 200 g/mol. The van der Waals surface area contributed by atoms with Crippen molar-refractivity contribution in [1.82, 2.24) is 0 Å². The van der Waals surface area contributed by atoms with Gasteiger partial charge < -0.3 is 4.74 Å². The maximum Gasteiger partial charge on any atom is 0.162 e. The maximum absolute atomic E-state index is 12.2. The van der Waals surface area contributed by atoms with Gasteiger partial charge in [-0.1, -0.05) is 47.6 Å². The summed E-state index contributed by atoms with van der Waals surface area (Å²) in [7, 11) is 0. The lowest BCUT2D eigenvalue weighted by Crippen LogP contribution is -2.38. The topological polar surface area (TPSA) is 26.3 Å². The van der Waals surface area contributed by atoms with E-state index in [4.69, 9.17) is 4.74 Å². The number of ketones is 1. The molecule has 0 radical (unpaired) electrons. The lowest BCUT2D eigenvalue weighted by molar-refractivity contribution is -0.138. The molecule has 94 valence electrons. The van der Waals surface area contributed by atoms with E-state index < -0.39 is 0 Å². The monoisotopic (exact) mass is 226 g/mol. The first-order valence-electron chi connectivity index (χ1n) is 5.83. The Morgan fingerprint density at radius 3 is 2.06 bits per heavy atom. The Kier molecular flexibility index (Phi) is 5.40. The van der Waals surface area contributed by atoms with Gasteiger partial charge in [0.25, 0.3) is 0 Å². The molecule has 16 heavy (non-hydrogen) atoms. The van der Waals surface area contributed by atoms with Gasteiger partial charge in [-0.05, 0) is 10.8 Å². The second-order valence-electron chi connectivity index (χ2n) is 6.57. The minimum Gasteiger partial charge on any atom is -0.366 e. The summed E-state index contributed by atoms with van der Waals surface area (Å²) in [6, 6.07) is 0. The van der Waals surface area contributed by atoms with Gasteiger partial charge in [0.1, 0.15) is 6.10 Å². The molecule has 0 fully saturated rings. The number of ether oxygens (including phenoxy) is 1. The Morgan fingerprint density at radius 1 is 1.25 bits per heavy atom. The molecule has 2 nitrogen and oxygen atoms in total. The highest BCUT2D eigenvalue weighted by molar-refractivity contribution is 5.84. The Balaban J connectivity index is 4.64. The SMILES string of the molecule is C=CCOC(C(=O)CC(C)(C)C)C(C)(C)C. The molecule has 0 aromatic carbocycles. The number of carbonyl (C=O) groups is 1. The molecule has 1 unspecified atom stereocenters. The fourth-order valence-electron chi connectivity index (χ4n) is 1.61. The van der Waals surface area contributed by atoms with E-state index in [0.717, 1.165) is 0 Å². The van der Waals surface area contributed by atoms with Crippen molar-refractivity contribution in [3.63, 3.8) is 0 Å². The van der Waals surface area contributed by atoms with E-state index in [0.29, 0.717) is 13.0 Å². The minimum atomic E-state index is -0.343. The molecule has 0 saturated carbocycles. The molecule has 0 N–H and O–H groups in total. The number of hydrogen-bond donors (Lipinski definition) is 0. The molecule has 0 rings (SSSR count). The number of rotatable bonds is 5. The van der Waals surface area contributed by atoms with Gasteiger partial charge in [0.15, 0.2) is 5.78 Å². The zero-order valence-corrected chi connectivity index (χ0v) is 11.6. The highest BCUT2D eigenvalue weighted by Gasteiger charge is 2.33. The van der Waals surface area contributed by atoms with Gasteiger partial charge in [0.05, 0.1) is 6.61 Å². The molecule has 0 aliphatic rings. The van der Waals surface area contributed by atoms with E-state index >= 15 is 0 Å². The molecule has 0 saturated heterocycles. The lowest BCUT2D eigenvalue weighted by Gasteiger charge is -2.31. The van der Waals surface area contributed by atoms with Crippen molar-refractivity contribution in [3.05, 3.63) is 12.7 Å². The molecule has 0 aromatic rings. The summed E-state index contributed by atoms with van der Waals surface area (Å²) in [5.74, 6) is 0.182. The Hall–Kier alpha value is -0.630. The highest BCUT2D eigenvalue weighted by atomic mass is 16.5. The summed E-state index contributed by atoms with van der Waals surface area (Å²) >= 11 is 0. The van der Waals surface area contributed by atoms with Crippen LogP contribution in [-0.2, 0) is 9.53 Å². The van der Waals surface area contributed by atoms with Gasteiger partial charge in [0.2, 0.25) is 0 Å². The molecule has 2 heteroatoms. The van der Waals surface area contributed by atoms with Gasteiger partial charge >= 0.3 is 0 Å². The molecule has 1 atom stereocenters. The van der Waals surface area contributed by atoms with Crippen molar-refractivity contribution >= 4 is 5.78 Å². The highest BCUT2D eigenvalue weighted by Crippen LogP contribution is 2.28. The predicted molar refractivity (Wildman–Crippen MR) is 68.5 cm³/mol. The van der Waals surface area contributed by atoms with Crippen LogP contribution >= 0.6 is 0 Å².